The van der Waals surface area contributed by atoms with Gasteiger partial charge >= 0.3 is 0 Å². The van der Waals surface area contributed by atoms with Crippen LogP contribution in [0.2, 0.25) is 0 Å². The molecule has 6 heteroatoms. The Balaban J connectivity index is 1.60. The van der Waals surface area contributed by atoms with Gasteiger partial charge in [-0.15, -0.1) is 21.5 Å². The van der Waals surface area contributed by atoms with Crippen LogP contribution in [0, 0.1) is 0 Å². The summed E-state index contributed by atoms with van der Waals surface area (Å²) >= 11 is 5.71. The fourth-order valence-electron chi connectivity index (χ4n) is 2.34. The summed E-state index contributed by atoms with van der Waals surface area (Å²) in [6.07, 6.45) is 3.37. The van der Waals surface area contributed by atoms with Crippen LogP contribution in [-0.4, -0.2) is 28.5 Å². The van der Waals surface area contributed by atoms with Gasteiger partial charge in [-0.25, -0.2) is 0 Å². The van der Waals surface area contributed by atoms with Crippen molar-refractivity contribution in [3.63, 3.8) is 0 Å². The quantitative estimate of drug-likeness (QED) is 0.808. The zero-order chi connectivity index (χ0) is 14.7. The molecule has 0 saturated carbocycles. The van der Waals surface area contributed by atoms with Crippen molar-refractivity contribution in [2.75, 3.05) is 12.3 Å². The molecule has 0 spiro atoms. The summed E-state index contributed by atoms with van der Waals surface area (Å²) in [4.78, 5) is 2.87. The third kappa shape index (κ3) is 4.06. The van der Waals surface area contributed by atoms with Crippen molar-refractivity contribution in [1.29, 1.82) is 0 Å². The molecule has 0 aliphatic carbocycles. The highest BCUT2D eigenvalue weighted by molar-refractivity contribution is 7.98. The number of nitrogens with one attached hydrogen (secondary N) is 1. The van der Waals surface area contributed by atoms with E-state index < -0.39 is 0 Å². The van der Waals surface area contributed by atoms with Gasteiger partial charge in [0.25, 0.3) is 0 Å². The molecule has 0 atom stereocenters. The van der Waals surface area contributed by atoms with Crippen molar-refractivity contribution >= 4 is 34.4 Å². The number of nitrogens with zero attached hydrogens (tertiary/aromatic N) is 2. The first-order chi connectivity index (χ1) is 10.2. The van der Waals surface area contributed by atoms with Crippen LogP contribution in [0.25, 0.3) is 9.88 Å². The summed E-state index contributed by atoms with van der Waals surface area (Å²) in [5, 5.41) is 14.5. The Morgan fingerprint density at radius 2 is 2.19 bits per heavy atom. The van der Waals surface area contributed by atoms with Gasteiger partial charge < -0.3 is 5.32 Å². The van der Waals surface area contributed by atoms with Crippen LogP contribution in [0.1, 0.15) is 35.7 Å². The molecule has 0 unspecified atom stereocenters. The van der Waals surface area contributed by atoms with Crippen LogP contribution >= 0.6 is 34.4 Å². The lowest BCUT2D eigenvalue weighted by atomic mass is 10.2. The van der Waals surface area contributed by atoms with Gasteiger partial charge in [-0.3, -0.25) is 0 Å². The van der Waals surface area contributed by atoms with Crippen LogP contribution in [0.3, 0.4) is 0 Å². The average molecular weight is 340 g/mol. The normalized spacial score (nSPS) is 14.6. The maximum atomic E-state index is 4.40. The van der Waals surface area contributed by atoms with E-state index in [2.05, 4.69) is 35.4 Å². The molecule has 2 aromatic heterocycles. The highest BCUT2D eigenvalue weighted by atomic mass is 32.2. The maximum absolute atomic E-state index is 4.40. The molecule has 0 aromatic carbocycles. The molecule has 1 aliphatic rings. The van der Waals surface area contributed by atoms with Crippen molar-refractivity contribution in [1.82, 2.24) is 15.5 Å². The van der Waals surface area contributed by atoms with Gasteiger partial charge in [-0.1, -0.05) is 25.2 Å². The van der Waals surface area contributed by atoms with Crippen molar-refractivity contribution in [2.45, 2.75) is 44.9 Å². The minimum Gasteiger partial charge on any atom is -0.315 e. The second-order valence-corrected chi connectivity index (χ2v) is 8.88. The average Bonchev–Trinajstić information content (AvgIpc) is 3.09. The Morgan fingerprint density at radius 1 is 1.29 bits per heavy atom. The highest BCUT2D eigenvalue weighted by Gasteiger charge is 2.16. The van der Waals surface area contributed by atoms with Gasteiger partial charge in [0.15, 0.2) is 5.01 Å². The molecular formula is C15H21N3S3. The Morgan fingerprint density at radius 3 is 3.00 bits per heavy atom. The predicted octanol–water partition coefficient (Wildman–Crippen LogP) is 3.99. The molecule has 0 fully saturated rings. The number of rotatable bonds is 6. The summed E-state index contributed by atoms with van der Waals surface area (Å²) in [5.74, 6) is 2.43. The molecule has 1 N–H and O–H groups in total. The predicted molar refractivity (Wildman–Crippen MR) is 94.5 cm³/mol. The number of thiophene rings is 1. The molecule has 0 bridgehead atoms. The largest absolute Gasteiger partial charge is 0.315 e. The van der Waals surface area contributed by atoms with Crippen molar-refractivity contribution in [3.05, 3.63) is 21.5 Å². The molecule has 0 radical (unpaired) electrons. The van der Waals surface area contributed by atoms with Gasteiger partial charge in [-0.2, -0.15) is 11.8 Å². The summed E-state index contributed by atoms with van der Waals surface area (Å²) < 4.78 is 0. The summed E-state index contributed by atoms with van der Waals surface area (Å²) in [6, 6.07) is 2.89. The Hall–Kier alpha value is -0.430. The molecule has 1 aliphatic heterocycles. The van der Waals surface area contributed by atoms with Crippen molar-refractivity contribution in [2.24, 2.45) is 0 Å². The first kappa shape index (κ1) is 15.5. The second-order valence-electron chi connectivity index (χ2n) is 5.57. The number of fused-ring (bicyclic) bond motifs is 1. The molecule has 21 heavy (non-hydrogen) atoms. The number of hydrogen-bond donors (Lipinski definition) is 1. The molecule has 3 nitrogen and oxygen atoms in total. The van der Waals surface area contributed by atoms with E-state index >= 15 is 0 Å². The molecule has 0 saturated heterocycles. The fourth-order valence-corrected chi connectivity index (χ4v) is 5.63. The summed E-state index contributed by atoms with van der Waals surface area (Å²) in [5.41, 5.74) is 1.52. The molecule has 3 heterocycles. The molecule has 0 amide bonds. The zero-order valence-corrected chi connectivity index (χ0v) is 15.0. The van der Waals surface area contributed by atoms with Gasteiger partial charge in [0, 0.05) is 23.1 Å². The van der Waals surface area contributed by atoms with Crippen molar-refractivity contribution < 1.29 is 0 Å². The van der Waals surface area contributed by atoms with E-state index in [4.69, 9.17) is 0 Å². The lowest BCUT2D eigenvalue weighted by Crippen LogP contribution is -2.23. The topological polar surface area (TPSA) is 37.8 Å². The number of aryl methyl sites for hydroxylation is 2. The number of aromatic nitrogens is 2. The summed E-state index contributed by atoms with van der Waals surface area (Å²) in [7, 11) is 0. The lowest BCUT2D eigenvalue weighted by Gasteiger charge is -2.08. The van der Waals surface area contributed by atoms with E-state index in [0.29, 0.717) is 6.04 Å². The first-order valence-corrected chi connectivity index (χ1v) is 10.3. The standard InChI is InChI=1S/C15H21N3S3/c1-10(2)16-6-3-4-14-17-18-15(21-14)13-8-11-9-19-7-5-12(11)20-13/h8,10,16H,3-7,9H2,1-2H3. The molecular weight excluding hydrogens is 318 g/mol. The van der Waals surface area contributed by atoms with Gasteiger partial charge in [0.2, 0.25) is 0 Å². The Bertz CT molecular complexity index is 565. The maximum Gasteiger partial charge on any atom is 0.157 e. The van der Waals surface area contributed by atoms with Gasteiger partial charge in [-0.05, 0) is 36.8 Å². The zero-order valence-electron chi connectivity index (χ0n) is 12.5. The van der Waals surface area contributed by atoms with Crippen LogP contribution in [-0.2, 0) is 18.6 Å². The Labute approximate surface area is 138 Å². The third-order valence-corrected chi connectivity index (χ3v) is 6.82. The Kier molecular flexibility index (Phi) is 5.32. The van der Waals surface area contributed by atoms with E-state index in [-0.39, 0.29) is 0 Å². The van der Waals surface area contributed by atoms with Gasteiger partial charge in [0.1, 0.15) is 5.01 Å². The molecule has 114 valence electrons. The minimum absolute atomic E-state index is 0.560. The van der Waals surface area contributed by atoms with Crippen LogP contribution in [0.4, 0.5) is 0 Å². The SMILES string of the molecule is CC(C)NCCCc1nnc(-c2cc3c(s2)CCSC3)s1. The van der Waals surface area contributed by atoms with Crippen LogP contribution in [0.5, 0.6) is 0 Å². The monoisotopic (exact) mass is 339 g/mol. The number of hydrogen-bond acceptors (Lipinski definition) is 6. The van der Waals surface area contributed by atoms with Gasteiger partial charge in [0.05, 0.1) is 4.88 Å². The van der Waals surface area contributed by atoms with E-state index in [1.807, 2.05) is 23.1 Å². The smallest absolute Gasteiger partial charge is 0.157 e. The second kappa shape index (κ2) is 7.22. The molecule has 3 rings (SSSR count). The third-order valence-electron chi connectivity index (χ3n) is 3.43. The number of thioether (sulfide) groups is 1. The van der Waals surface area contributed by atoms with Crippen molar-refractivity contribution in [3.8, 4) is 9.88 Å². The van der Waals surface area contributed by atoms with E-state index in [0.717, 1.165) is 29.4 Å². The van der Waals surface area contributed by atoms with Crippen LogP contribution < -0.4 is 5.32 Å². The fraction of sp³-hybridized carbons (Fsp3) is 0.600. The van der Waals surface area contributed by atoms with E-state index in [1.54, 1.807) is 16.2 Å². The highest BCUT2D eigenvalue weighted by Crippen LogP contribution is 2.37. The van der Waals surface area contributed by atoms with E-state index in [1.165, 1.54) is 28.4 Å². The minimum atomic E-state index is 0.560. The van der Waals surface area contributed by atoms with E-state index in [9.17, 15) is 0 Å². The summed E-state index contributed by atoms with van der Waals surface area (Å²) in [6.45, 7) is 5.41. The lowest BCUT2D eigenvalue weighted by molar-refractivity contribution is 0.569. The molecule has 2 aromatic rings. The van der Waals surface area contributed by atoms with Crippen LogP contribution in [0.15, 0.2) is 6.07 Å². The first-order valence-electron chi connectivity index (χ1n) is 7.48.